The smallest absolute Gasteiger partial charge is 0.338 e. The van der Waals surface area contributed by atoms with E-state index in [2.05, 4.69) is 4.99 Å². The highest BCUT2D eigenvalue weighted by molar-refractivity contribution is 7.07. The molecule has 11 heteroatoms. The number of hydrogen-bond donors (Lipinski definition) is 0. The third-order valence-corrected chi connectivity index (χ3v) is 7.28. The van der Waals surface area contributed by atoms with Crippen LogP contribution in [0.1, 0.15) is 36.8 Å². The number of benzene rings is 2. The number of ether oxygens (including phenoxy) is 1. The standard InChI is InChI=1S/C28H22FN3O6S/c1-4-37-27(34)24-16(3)30-28-31(25(24)17-6-8-18(29)9-7-17)26(33)23(39-28)14-20-11-12-22(38-20)21-13-19(32(35)36)10-5-15(21)2/h5-14,25H,4H2,1-3H3/b23-14+/t25-/m0/s1. The van der Waals surface area contributed by atoms with Gasteiger partial charge in [0.05, 0.1) is 33.4 Å². The van der Waals surface area contributed by atoms with Gasteiger partial charge in [0, 0.05) is 23.8 Å². The normalized spacial score (nSPS) is 15.2. The van der Waals surface area contributed by atoms with E-state index in [0.717, 1.165) is 16.9 Å². The zero-order valence-electron chi connectivity index (χ0n) is 21.1. The number of allylic oxidation sites excluding steroid dienone is 1. The van der Waals surface area contributed by atoms with Crippen molar-refractivity contribution >= 4 is 29.1 Å². The number of nitrogens with zero attached hydrogens (tertiary/aromatic N) is 3. The van der Waals surface area contributed by atoms with Crippen LogP contribution in [0.4, 0.5) is 10.1 Å². The number of furan rings is 1. The molecule has 0 saturated carbocycles. The number of rotatable bonds is 6. The van der Waals surface area contributed by atoms with Gasteiger partial charge in [-0.25, -0.2) is 14.2 Å². The Balaban J connectivity index is 1.62. The predicted molar refractivity (Wildman–Crippen MR) is 142 cm³/mol. The van der Waals surface area contributed by atoms with E-state index in [1.807, 2.05) is 6.92 Å². The number of halogens is 1. The molecule has 198 valence electrons. The van der Waals surface area contributed by atoms with E-state index >= 15 is 0 Å². The number of carbonyl (C=O) groups excluding carboxylic acids is 1. The van der Waals surface area contributed by atoms with Gasteiger partial charge in [0.1, 0.15) is 17.3 Å². The number of fused-ring (bicyclic) bond motifs is 1. The molecule has 4 aromatic rings. The minimum Gasteiger partial charge on any atom is -0.463 e. The molecule has 0 aliphatic carbocycles. The summed E-state index contributed by atoms with van der Waals surface area (Å²) in [6, 6.07) is 12.6. The van der Waals surface area contributed by atoms with Gasteiger partial charge in [-0.05, 0) is 56.2 Å². The lowest BCUT2D eigenvalue weighted by Crippen LogP contribution is -2.39. The minimum absolute atomic E-state index is 0.0598. The summed E-state index contributed by atoms with van der Waals surface area (Å²) >= 11 is 1.12. The van der Waals surface area contributed by atoms with Crippen molar-refractivity contribution in [2.45, 2.75) is 26.8 Å². The van der Waals surface area contributed by atoms with Crippen molar-refractivity contribution in [2.75, 3.05) is 6.61 Å². The number of esters is 1. The number of nitro groups is 1. The summed E-state index contributed by atoms with van der Waals surface area (Å²) in [5.74, 6) is -0.275. The Kier molecular flexibility index (Phi) is 6.83. The molecule has 0 fully saturated rings. The maximum absolute atomic E-state index is 13.7. The van der Waals surface area contributed by atoms with Crippen molar-refractivity contribution < 1.29 is 23.3 Å². The van der Waals surface area contributed by atoms with Crippen LogP contribution in [0, 0.1) is 22.9 Å². The van der Waals surface area contributed by atoms with E-state index in [4.69, 9.17) is 9.15 Å². The lowest BCUT2D eigenvalue weighted by Gasteiger charge is -2.24. The molecule has 0 N–H and O–H groups in total. The molecular weight excluding hydrogens is 525 g/mol. The molecule has 3 heterocycles. The van der Waals surface area contributed by atoms with E-state index in [0.29, 0.717) is 37.7 Å². The summed E-state index contributed by atoms with van der Waals surface area (Å²) in [5, 5.41) is 11.2. The van der Waals surface area contributed by atoms with Crippen LogP contribution in [0.5, 0.6) is 0 Å². The molecule has 1 atom stereocenters. The van der Waals surface area contributed by atoms with Gasteiger partial charge in [0.15, 0.2) is 4.80 Å². The second-order valence-corrected chi connectivity index (χ2v) is 9.82. The summed E-state index contributed by atoms with van der Waals surface area (Å²) in [5.41, 5.74) is 2.02. The monoisotopic (exact) mass is 547 g/mol. The maximum atomic E-state index is 13.7. The molecule has 0 amide bonds. The molecule has 0 unspecified atom stereocenters. The fourth-order valence-electron chi connectivity index (χ4n) is 4.45. The summed E-state index contributed by atoms with van der Waals surface area (Å²) in [4.78, 5) is 42.2. The molecule has 0 radical (unpaired) electrons. The highest BCUT2D eigenvalue weighted by atomic mass is 32.1. The van der Waals surface area contributed by atoms with Gasteiger partial charge < -0.3 is 9.15 Å². The van der Waals surface area contributed by atoms with Gasteiger partial charge in [-0.2, -0.15) is 0 Å². The Morgan fingerprint density at radius 2 is 1.95 bits per heavy atom. The van der Waals surface area contributed by atoms with Crippen LogP contribution < -0.4 is 14.9 Å². The van der Waals surface area contributed by atoms with Gasteiger partial charge in [0.2, 0.25) is 0 Å². The number of aromatic nitrogens is 1. The number of thiazole rings is 1. The number of aryl methyl sites for hydroxylation is 1. The summed E-state index contributed by atoms with van der Waals surface area (Å²) < 4.78 is 26.6. The molecule has 39 heavy (non-hydrogen) atoms. The van der Waals surface area contributed by atoms with Crippen LogP contribution in [0.2, 0.25) is 0 Å². The van der Waals surface area contributed by atoms with Crippen molar-refractivity contribution in [3.05, 3.63) is 118 Å². The third kappa shape index (κ3) is 4.84. The summed E-state index contributed by atoms with van der Waals surface area (Å²) in [6.45, 7) is 5.31. The maximum Gasteiger partial charge on any atom is 0.338 e. The molecule has 0 spiro atoms. The largest absolute Gasteiger partial charge is 0.463 e. The van der Waals surface area contributed by atoms with Crippen LogP contribution in [0.15, 0.2) is 80.1 Å². The quantitative estimate of drug-likeness (QED) is 0.201. The van der Waals surface area contributed by atoms with Gasteiger partial charge in [-0.15, -0.1) is 0 Å². The Morgan fingerprint density at radius 3 is 2.64 bits per heavy atom. The van der Waals surface area contributed by atoms with Crippen molar-refractivity contribution in [2.24, 2.45) is 4.99 Å². The summed E-state index contributed by atoms with van der Waals surface area (Å²) in [6.07, 6.45) is 1.56. The molecule has 5 rings (SSSR count). The molecule has 2 aromatic heterocycles. The van der Waals surface area contributed by atoms with Crippen LogP contribution >= 0.6 is 11.3 Å². The lowest BCUT2D eigenvalue weighted by molar-refractivity contribution is -0.384. The van der Waals surface area contributed by atoms with E-state index in [-0.39, 0.29) is 17.9 Å². The highest BCUT2D eigenvalue weighted by Crippen LogP contribution is 2.31. The fourth-order valence-corrected chi connectivity index (χ4v) is 5.47. The van der Waals surface area contributed by atoms with Gasteiger partial charge in [0.25, 0.3) is 11.2 Å². The van der Waals surface area contributed by atoms with E-state index in [9.17, 15) is 24.1 Å². The molecule has 0 saturated heterocycles. The zero-order valence-corrected chi connectivity index (χ0v) is 22.0. The minimum atomic E-state index is -0.859. The molecule has 2 aromatic carbocycles. The number of nitro benzene ring substituents is 1. The Hall–Kier alpha value is -4.64. The first-order valence-corrected chi connectivity index (χ1v) is 12.8. The van der Waals surface area contributed by atoms with Crippen LogP contribution in [-0.4, -0.2) is 22.1 Å². The first-order chi connectivity index (χ1) is 18.7. The molecule has 9 nitrogen and oxygen atoms in total. The van der Waals surface area contributed by atoms with E-state index in [1.54, 1.807) is 38.1 Å². The molecule has 1 aliphatic rings. The predicted octanol–water partition coefficient (Wildman–Crippen LogP) is 4.41. The number of non-ortho nitro benzene ring substituents is 1. The van der Waals surface area contributed by atoms with Crippen LogP contribution in [0.3, 0.4) is 0 Å². The Bertz CT molecular complexity index is 1830. The van der Waals surface area contributed by atoms with Crippen LogP contribution in [-0.2, 0) is 9.53 Å². The topological polar surface area (TPSA) is 117 Å². The first kappa shape index (κ1) is 26.0. The first-order valence-electron chi connectivity index (χ1n) is 12.0. The Labute approximate surface area is 225 Å². The second-order valence-electron chi connectivity index (χ2n) is 8.81. The van der Waals surface area contributed by atoms with E-state index < -0.39 is 28.3 Å². The van der Waals surface area contributed by atoms with Gasteiger partial charge in [-0.3, -0.25) is 19.5 Å². The van der Waals surface area contributed by atoms with Crippen molar-refractivity contribution in [1.29, 1.82) is 0 Å². The van der Waals surface area contributed by atoms with Crippen molar-refractivity contribution in [1.82, 2.24) is 4.57 Å². The molecule has 0 bridgehead atoms. The second kappa shape index (κ2) is 10.3. The zero-order chi connectivity index (χ0) is 27.8. The number of hydrogen-bond acceptors (Lipinski definition) is 8. The van der Waals surface area contributed by atoms with Crippen molar-refractivity contribution in [3.63, 3.8) is 0 Å². The lowest BCUT2D eigenvalue weighted by atomic mass is 9.96. The SMILES string of the molecule is CCOC(=O)C1=C(C)N=c2s/c(=C/c3ccc(-c4cc([N+](=O)[O-])ccc4C)o3)c(=O)n2[C@H]1c1ccc(F)cc1. The highest BCUT2D eigenvalue weighted by Gasteiger charge is 2.33. The van der Waals surface area contributed by atoms with Crippen LogP contribution in [0.25, 0.3) is 17.4 Å². The number of carbonyl (C=O) groups is 1. The van der Waals surface area contributed by atoms with Crippen molar-refractivity contribution in [3.8, 4) is 11.3 Å². The Morgan fingerprint density at radius 1 is 1.21 bits per heavy atom. The average Bonchev–Trinajstić information content (AvgIpc) is 3.48. The van der Waals surface area contributed by atoms with Gasteiger partial charge >= 0.3 is 5.97 Å². The third-order valence-electron chi connectivity index (χ3n) is 6.30. The van der Waals surface area contributed by atoms with E-state index in [1.165, 1.54) is 41.0 Å². The fraction of sp³-hybridized carbons (Fsp3) is 0.179. The summed E-state index contributed by atoms with van der Waals surface area (Å²) in [7, 11) is 0. The average molecular weight is 548 g/mol. The van der Waals surface area contributed by atoms with Gasteiger partial charge in [-0.1, -0.05) is 29.5 Å². The molecular formula is C28H22FN3O6S. The molecule has 1 aliphatic heterocycles.